The second kappa shape index (κ2) is 8.15. The molecule has 0 bridgehead atoms. The molecule has 1 atom stereocenters. The molecule has 0 saturated heterocycles. The molecule has 2 N–H and O–H groups in total. The van der Waals surface area contributed by atoms with Gasteiger partial charge in [-0.1, -0.05) is 43.9 Å². The van der Waals surface area contributed by atoms with Crippen LogP contribution in [0.15, 0.2) is 24.3 Å². The highest BCUT2D eigenvalue weighted by Gasteiger charge is 2.15. The molecule has 0 spiro atoms. The highest BCUT2D eigenvalue weighted by Crippen LogP contribution is 2.20. The Morgan fingerprint density at radius 1 is 1.11 bits per heavy atom. The lowest BCUT2D eigenvalue weighted by Crippen LogP contribution is -2.40. The van der Waals surface area contributed by atoms with Gasteiger partial charge in [-0.15, -0.1) is 0 Å². The number of anilines is 1. The number of aryl methyl sites for hydroxylation is 1. The van der Waals surface area contributed by atoms with Crippen LogP contribution in [0, 0.1) is 6.92 Å². The lowest BCUT2D eigenvalue weighted by atomic mass is 10.1. The van der Waals surface area contributed by atoms with E-state index in [0.29, 0.717) is 6.04 Å². The van der Waals surface area contributed by atoms with Gasteiger partial charge in [-0.25, -0.2) is 0 Å². The van der Waals surface area contributed by atoms with E-state index in [-0.39, 0.29) is 0 Å². The molecule has 1 aromatic carbocycles. The standard InChI is InChI=1S/C16H28N2/c1-4-6-7-8-16(13-17)18(5-2)15-11-9-14(3)10-12-15/h9-12,16H,4-8,13,17H2,1-3H3. The molecule has 0 amide bonds. The molecule has 1 rings (SSSR count). The molecule has 0 fully saturated rings. The molecule has 2 nitrogen and oxygen atoms in total. The summed E-state index contributed by atoms with van der Waals surface area (Å²) in [4.78, 5) is 2.44. The second-order valence-electron chi connectivity index (χ2n) is 5.01. The third-order valence-electron chi connectivity index (χ3n) is 3.56. The van der Waals surface area contributed by atoms with Crippen LogP contribution in [0.25, 0.3) is 0 Å². The van der Waals surface area contributed by atoms with Gasteiger partial charge in [0, 0.05) is 24.8 Å². The molecule has 0 heterocycles. The zero-order chi connectivity index (χ0) is 13.4. The van der Waals surface area contributed by atoms with E-state index in [1.54, 1.807) is 0 Å². The summed E-state index contributed by atoms with van der Waals surface area (Å²) in [6.45, 7) is 8.35. The average molecular weight is 248 g/mol. The van der Waals surface area contributed by atoms with Crippen molar-refractivity contribution in [2.75, 3.05) is 18.0 Å². The first-order valence-electron chi connectivity index (χ1n) is 7.26. The van der Waals surface area contributed by atoms with Crippen LogP contribution in [0.1, 0.15) is 45.1 Å². The highest BCUT2D eigenvalue weighted by atomic mass is 15.2. The summed E-state index contributed by atoms with van der Waals surface area (Å²) >= 11 is 0. The predicted molar refractivity (Wildman–Crippen MR) is 81.2 cm³/mol. The number of benzene rings is 1. The van der Waals surface area contributed by atoms with Gasteiger partial charge in [0.2, 0.25) is 0 Å². The van der Waals surface area contributed by atoms with Crippen molar-refractivity contribution in [2.24, 2.45) is 5.73 Å². The number of rotatable bonds is 8. The average Bonchev–Trinajstić information content (AvgIpc) is 2.40. The van der Waals surface area contributed by atoms with Crippen molar-refractivity contribution in [1.82, 2.24) is 0 Å². The van der Waals surface area contributed by atoms with Crippen molar-refractivity contribution in [3.8, 4) is 0 Å². The van der Waals surface area contributed by atoms with Gasteiger partial charge in [-0.3, -0.25) is 0 Å². The van der Waals surface area contributed by atoms with E-state index in [9.17, 15) is 0 Å². The quantitative estimate of drug-likeness (QED) is 0.710. The van der Waals surface area contributed by atoms with Crippen molar-refractivity contribution < 1.29 is 0 Å². The molecular formula is C16H28N2. The molecule has 18 heavy (non-hydrogen) atoms. The van der Waals surface area contributed by atoms with E-state index in [4.69, 9.17) is 5.73 Å². The van der Waals surface area contributed by atoms with Gasteiger partial charge in [0.25, 0.3) is 0 Å². The van der Waals surface area contributed by atoms with E-state index in [0.717, 1.165) is 13.1 Å². The van der Waals surface area contributed by atoms with Gasteiger partial charge in [0.05, 0.1) is 0 Å². The number of hydrogen-bond acceptors (Lipinski definition) is 2. The van der Waals surface area contributed by atoms with Crippen LogP contribution in [0.5, 0.6) is 0 Å². The first-order chi connectivity index (χ1) is 8.72. The van der Waals surface area contributed by atoms with Gasteiger partial charge < -0.3 is 10.6 Å². The SMILES string of the molecule is CCCCCC(CN)N(CC)c1ccc(C)cc1. The van der Waals surface area contributed by atoms with E-state index >= 15 is 0 Å². The third kappa shape index (κ3) is 4.34. The van der Waals surface area contributed by atoms with Crippen LogP contribution >= 0.6 is 0 Å². The van der Waals surface area contributed by atoms with E-state index in [1.165, 1.54) is 36.9 Å². The molecule has 0 radical (unpaired) electrons. The van der Waals surface area contributed by atoms with E-state index in [2.05, 4.69) is 49.9 Å². The molecule has 0 aliphatic carbocycles. The van der Waals surface area contributed by atoms with Crippen LogP contribution in [0.4, 0.5) is 5.69 Å². The van der Waals surface area contributed by atoms with Gasteiger partial charge in [0.1, 0.15) is 0 Å². The number of likely N-dealkylation sites (N-methyl/N-ethyl adjacent to an activating group) is 1. The third-order valence-corrected chi connectivity index (χ3v) is 3.56. The summed E-state index contributed by atoms with van der Waals surface area (Å²) in [6.07, 6.45) is 5.06. The molecule has 102 valence electrons. The Morgan fingerprint density at radius 2 is 1.78 bits per heavy atom. The van der Waals surface area contributed by atoms with Gasteiger partial charge in [-0.05, 0) is 32.4 Å². The van der Waals surface area contributed by atoms with Crippen molar-refractivity contribution in [3.63, 3.8) is 0 Å². The Hall–Kier alpha value is -1.02. The lowest BCUT2D eigenvalue weighted by Gasteiger charge is -2.32. The van der Waals surface area contributed by atoms with Crippen molar-refractivity contribution in [2.45, 2.75) is 52.5 Å². The van der Waals surface area contributed by atoms with Gasteiger partial charge >= 0.3 is 0 Å². The molecule has 1 unspecified atom stereocenters. The first-order valence-corrected chi connectivity index (χ1v) is 7.26. The Kier molecular flexibility index (Phi) is 6.81. The van der Waals surface area contributed by atoms with Crippen LogP contribution < -0.4 is 10.6 Å². The summed E-state index contributed by atoms with van der Waals surface area (Å²) in [7, 11) is 0. The maximum atomic E-state index is 5.96. The Morgan fingerprint density at radius 3 is 2.28 bits per heavy atom. The van der Waals surface area contributed by atoms with E-state index in [1.807, 2.05) is 0 Å². The second-order valence-corrected chi connectivity index (χ2v) is 5.01. The largest absolute Gasteiger partial charge is 0.368 e. The smallest absolute Gasteiger partial charge is 0.0412 e. The minimum Gasteiger partial charge on any atom is -0.368 e. The summed E-state index contributed by atoms with van der Waals surface area (Å²) in [5.41, 5.74) is 8.57. The molecular weight excluding hydrogens is 220 g/mol. The first kappa shape index (κ1) is 15.0. The maximum absolute atomic E-state index is 5.96. The summed E-state index contributed by atoms with van der Waals surface area (Å²) < 4.78 is 0. The fourth-order valence-electron chi connectivity index (χ4n) is 2.42. The van der Waals surface area contributed by atoms with Gasteiger partial charge in [0.15, 0.2) is 0 Å². The summed E-state index contributed by atoms with van der Waals surface area (Å²) in [5.74, 6) is 0. The molecule has 0 saturated carbocycles. The monoisotopic (exact) mass is 248 g/mol. The Balaban J connectivity index is 2.69. The van der Waals surface area contributed by atoms with Gasteiger partial charge in [-0.2, -0.15) is 0 Å². The number of nitrogens with zero attached hydrogens (tertiary/aromatic N) is 1. The molecule has 0 aliphatic heterocycles. The fourth-order valence-corrected chi connectivity index (χ4v) is 2.42. The van der Waals surface area contributed by atoms with Crippen LogP contribution in [-0.2, 0) is 0 Å². The molecule has 0 aromatic heterocycles. The van der Waals surface area contributed by atoms with Crippen molar-refractivity contribution >= 4 is 5.69 Å². The normalized spacial score (nSPS) is 12.4. The number of hydrogen-bond donors (Lipinski definition) is 1. The predicted octanol–water partition coefficient (Wildman–Crippen LogP) is 3.73. The molecule has 1 aromatic rings. The van der Waals surface area contributed by atoms with Crippen LogP contribution in [-0.4, -0.2) is 19.1 Å². The fraction of sp³-hybridized carbons (Fsp3) is 0.625. The Bertz CT molecular complexity index is 318. The summed E-state index contributed by atoms with van der Waals surface area (Å²) in [5, 5.41) is 0. The van der Waals surface area contributed by atoms with Crippen molar-refractivity contribution in [1.29, 1.82) is 0 Å². The minimum atomic E-state index is 0.476. The Labute approximate surface area is 112 Å². The summed E-state index contributed by atoms with van der Waals surface area (Å²) in [6, 6.07) is 9.25. The lowest BCUT2D eigenvalue weighted by molar-refractivity contribution is 0.528. The van der Waals surface area contributed by atoms with Crippen LogP contribution in [0.3, 0.4) is 0 Å². The number of nitrogens with two attached hydrogens (primary N) is 1. The minimum absolute atomic E-state index is 0.476. The topological polar surface area (TPSA) is 29.3 Å². The maximum Gasteiger partial charge on any atom is 0.0412 e. The molecule has 2 heteroatoms. The van der Waals surface area contributed by atoms with E-state index < -0.39 is 0 Å². The zero-order valence-electron chi connectivity index (χ0n) is 12.2. The van der Waals surface area contributed by atoms with Crippen molar-refractivity contribution in [3.05, 3.63) is 29.8 Å². The highest BCUT2D eigenvalue weighted by molar-refractivity contribution is 5.48. The van der Waals surface area contributed by atoms with Crippen LogP contribution in [0.2, 0.25) is 0 Å². The molecule has 0 aliphatic rings. The zero-order valence-corrected chi connectivity index (χ0v) is 12.2. The number of unbranched alkanes of at least 4 members (excludes halogenated alkanes) is 2.